The van der Waals surface area contributed by atoms with Gasteiger partial charge in [-0.2, -0.15) is 0 Å². The average Bonchev–Trinajstić information content (AvgIpc) is 2.82. The molecular formula is C12H21N3S. The highest BCUT2D eigenvalue weighted by Crippen LogP contribution is 2.39. The molecule has 2 N–H and O–H groups in total. The van der Waals surface area contributed by atoms with Gasteiger partial charge in [0.05, 0.1) is 6.04 Å². The van der Waals surface area contributed by atoms with E-state index in [2.05, 4.69) is 36.0 Å². The zero-order valence-electron chi connectivity index (χ0n) is 10.3. The summed E-state index contributed by atoms with van der Waals surface area (Å²) >= 11 is 1.78. The molecule has 1 aliphatic rings. The van der Waals surface area contributed by atoms with Gasteiger partial charge in [-0.25, -0.2) is 4.98 Å². The molecule has 2 unspecified atom stereocenters. The Balaban J connectivity index is 2.25. The summed E-state index contributed by atoms with van der Waals surface area (Å²) in [5, 5.41) is 3.39. The average molecular weight is 239 g/mol. The largest absolute Gasteiger partial charge is 0.330 e. The van der Waals surface area contributed by atoms with E-state index in [1.165, 1.54) is 11.4 Å². The first kappa shape index (κ1) is 12.0. The van der Waals surface area contributed by atoms with Gasteiger partial charge in [0.1, 0.15) is 5.01 Å². The Morgan fingerprint density at radius 1 is 1.62 bits per heavy atom. The molecule has 0 aromatic carbocycles. The predicted molar refractivity (Wildman–Crippen MR) is 68.6 cm³/mol. The molecule has 3 nitrogen and oxygen atoms in total. The third-order valence-electron chi connectivity index (χ3n) is 3.42. The number of hydrogen-bond acceptors (Lipinski definition) is 4. The van der Waals surface area contributed by atoms with Gasteiger partial charge in [-0.15, -0.1) is 11.3 Å². The smallest absolute Gasteiger partial charge is 0.110 e. The van der Waals surface area contributed by atoms with Gasteiger partial charge in [0, 0.05) is 17.1 Å². The second-order valence-corrected chi connectivity index (χ2v) is 5.78. The summed E-state index contributed by atoms with van der Waals surface area (Å²) in [5.41, 5.74) is 7.01. The van der Waals surface area contributed by atoms with E-state index in [4.69, 9.17) is 5.73 Å². The van der Waals surface area contributed by atoms with E-state index in [1.54, 1.807) is 11.3 Å². The van der Waals surface area contributed by atoms with Gasteiger partial charge in [0.2, 0.25) is 0 Å². The summed E-state index contributed by atoms with van der Waals surface area (Å²) < 4.78 is 0. The van der Waals surface area contributed by atoms with E-state index in [0.29, 0.717) is 18.0 Å². The molecule has 1 aromatic rings. The van der Waals surface area contributed by atoms with Crippen molar-refractivity contribution in [3.8, 4) is 0 Å². The van der Waals surface area contributed by atoms with Crippen molar-refractivity contribution < 1.29 is 0 Å². The van der Waals surface area contributed by atoms with Crippen LogP contribution in [0.2, 0.25) is 0 Å². The highest BCUT2D eigenvalue weighted by atomic mass is 32.1. The molecule has 1 aromatic heterocycles. The maximum absolute atomic E-state index is 5.88. The number of aromatic nitrogens is 1. The Morgan fingerprint density at radius 3 is 2.88 bits per heavy atom. The number of aryl methyl sites for hydroxylation is 1. The van der Waals surface area contributed by atoms with Crippen LogP contribution in [0.4, 0.5) is 0 Å². The number of hydrogen-bond donors (Lipinski definition) is 1. The number of nitrogens with zero attached hydrogens (tertiary/aromatic N) is 2. The first-order valence-corrected chi connectivity index (χ1v) is 6.89. The predicted octanol–water partition coefficient (Wildman–Crippen LogP) is 2.18. The fourth-order valence-corrected chi connectivity index (χ4v) is 3.57. The Hall–Kier alpha value is -0.450. The number of rotatable bonds is 3. The van der Waals surface area contributed by atoms with Crippen molar-refractivity contribution in [3.63, 3.8) is 0 Å². The van der Waals surface area contributed by atoms with Crippen molar-refractivity contribution in [3.05, 3.63) is 16.1 Å². The zero-order valence-corrected chi connectivity index (χ0v) is 11.1. The van der Waals surface area contributed by atoms with Crippen molar-refractivity contribution in [1.82, 2.24) is 9.88 Å². The van der Waals surface area contributed by atoms with Gasteiger partial charge in [-0.05, 0) is 46.2 Å². The van der Waals surface area contributed by atoms with Crippen LogP contribution in [0.3, 0.4) is 0 Å². The molecule has 0 radical (unpaired) electrons. The molecule has 2 rings (SSSR count). The van der Waals surface area contributed by atoms with Crippen molar-refractivity contribution >= 4 is 11.3 Å². The molecule has 1 fully saturated rings. The maximum Gasteiger partial charge on any atom is 0.110 e. The molecule has 4 heteroatoms. The molecular weight excluding hydrogens is 218 g/mol. The van der Waals surface area contributed by atoms with Crippen molar-refractivity contribution in [1.29, 1.82) is 0 Å². The number of nitrogens with two attached hydrogens (primary N) is 1. The Kier molecular flexibility index (Phi) is 3.62. The van der Waals surface area contributed by atoms with E-state index in [0.717, 1.165) is 18.8 Å². The fourth-order valence-electron chi connectivity index (χ4n) is 2.56. The summed E-state index contributed by atoms with van der Waals surface area (Å²) in [5.74, 6) is 0.577. The molecule has 90 valence electrons. The van der Waals surface area contributed by atoms with Gasteiger partial charge in [0.25, 0.3) is 0 Å². The highest BCUT2D eigenvalue weighted by molar-refractivity contribution is 7.09. The van der Waals surface area contributed by atoms with Crippen molar-refractivity contribution in [2.24, 2.45) is 11.7 Å². The summed E-state index contributed by atoms with van der Waals surface area (Å²) in [6, 6.07) is 1.02. The van der Waals surface area contributed by atoms with Crippen LogP contribution in [0.15, 0.2) is 5.38 Å². The minimum Gasteiger partial charge on any atom is -0.330 e. The summed E-state index contributed by atoms with van der Waals surface area (Å²) in [6.45, 7) is 8.50. The molecule has 1 saturated heterocycles. The van der Waals surface area contributed by atoms with Crippen LogP contribution in [0, 0.1) is 12.8 Å². The SMILES string of the molecule is Cc1csc(C2C(CN)CCN2C(C)C)n1. The normalized spacial score (nSPS) is 26.8. The quantitative estimate of drug-likeness (QED) is 0.879. The molecule has 0 bridgehead atoms. The van der Waals surface area contributed by atoms with Gasteiger partial charge in [-0.1, -0.05) is 0 Å². The summed E-state index contributed by atoms with van der Waals surface area (Å²) in [4.78, 5) is 7.18. The molecule has 2 heterocycles. The molecule has 1 aliphatic heterocycles. The maximum atomic E-state index is 5.88. The Bertz CT molecular complexity index is 348. The van der Waals surface area contributed by atoms with Crippen LogP contribution in [0.25, 0.3) is 0 Å². The minimum absolute atomic E-state index is 0.448. The first-order valence-electron chi connectivity index (χ1n) is 6.01. The van der Waals surface area contributed by atoms with Crippen LogP contribution < -0.4 is 5.73 Å². The number of thiazole rings is 1. The third-order valence-corrected chi connectivity index (χ3v) is 4.45. The standard InChI is InChI=1S/C12H21N3S/c1-8(2)15-5-4-10(6-13)11(15)12-14-9(3)7-16-12/h7-8,10-11H,4-6,13H2,1-3H3. The van der Waals surface area contributed by atoms with Crippen LogP contribution >= 0.6 is 11.3 Å². The highest BCUT2D eigenvalue weighted by Gasteiger charge is 2.37. The van der Waals surface area contributed by atoms with E-state index in [-0.39, 0.29) is 0 Å². The van der Waals surface area contributed by atoms with E-state index < -0.39 is 0 Å². The third kappa shape index (κ3) is 2.14. The lowest BCUT2D eigenvalue weighted by Gasteiger charge is -2.29. The lowest BCUT2D eigenvalue weighted by molar-refractivity contribution is 0.184. The van der Waals surface area contributed by atoms with E-state index >= 15 is 0 Å². The summed E-state index contributed by atoms with van der Waals surface area (Å²) in [7, 11) is 0. The molecule has 0 spiro atoms. The van der Waals surface area contributed by atoms with Crippen LogP contribution in [-0.2, 0) is 0 Å². The molecule has 0 amide bonds. The molecule has 0 aliphatic carbocycles. The topological polar surface area (TPSA) is 42.1 Å². The number of likely N-dealkylation sites (tertiary alicyclic amines) is 1. The fraction of sp³-hybridized carbons (Fsp3) is 0.750. The molecule has 0 saturated carbocycles. The van der Waals surface area contributed by atoms with Crippen LogP contribution in [-0.4, -0.2) is 29.0 Å². The lowest BCUT2D eigenvalue weighted by atomic mass is 10.0. The molecule has 16 heavy (non-hydrogen) atoms. The van der Waals surface area contributed by atoms with Gasteiger partial charge in [-0.3, -0.25) is 4.90 Å². The van der Waals surface area contributed by atoms with Crippen molar-refractivity contribution in [2.45, 2.75) is 39.3 Å². The van der Waals surface area contributed by atoms with Crippen LogP contribution in [0.1, 0.15) is 37.0 Å². The first-order chi connectivity index (χ1) is 7.63. The monoisotopic (exact) mass is 239 g/mol. The van der Waals surface area contributed by atoms with E-state index in [9.17, 15) is 0 Å². The van der Waals surface area contributed by atoms with Crippen LogP contribution in [0.5, 0.6) is 0 Å². The van der Waals surface area contributed by atoms with E-state index in [1.807, 2.05) is 0 Å². The lowest BCUT2D eigenvalue weighted by Crippen LogP contribution is -2.33. The Labute approximate surface area is 102 Å². The van der Waals surface area contributed by atoms with Gasteiger partial charge in [0.15, 0.2) is 0 Å². The second kappa shape index (κ2) is 4.82. The second-order valence-electron chi connectivity index (χ2n) is 4.89. The summed E-state index contributed by atoms with van der Waals surface area (Å²) in [6.07, 6.45) is 1.21. The Morgan fingerprint density at radius 2 is 2.38 bits per heavy atom. The zero-order chi connectivity index (χ0) is 11.7. The van der Waals surface area contributed by atoms with Gasteiger partial charge < -0.3 is 5.73 Å². The minimum atomic E-state index is 0.448. The molecule has 2 atom stereocenters. The van der Waals surface area contributed by atoms with Gasteiger partial charge >= 0.3 is 0 Å². The van der Waals surface area contributed by atoms with Crippen molar-refractivity contribution in [2.75, 3.05) is 13.1 Å².